The zero-order chi connectivity index (χ0) is 14.6. The lowest BCUT2D eigenvalue weighted by Gasteiger charge is -2.33. The third-order valence-corrected chi connectivity index (χ3v) is 6.21. The van der Waals surface area contributed by atoms with Crippen LogP contribution in [0.25, 0.3) is 0 Å². The summed E-state index contributed by atoms with van der Waals surface area (Å²) in [6.07, 6.45) is 0. The van der Waals surface area contributed by atoms with E-state index in [1.807, 2.05) is 0 Å². The molecule has 0 aromatic carbocycles. The highest BCUT2D eigenvalue weighted by molar-refractivity contribution is 9.13. The molecule has 1 atom stereocenters. The summed E-state index contributed by atoms with van der Waals surface area (Å²) < 4.78 is 2.27. The summed E-state index contributed by atoms with van der Waals surface area (Å²) in [5, 5.41) is 0. The first kappa shape index (κ1) is 17.6. The summed E-state index contributed by atoms with van der Waals surface area (Å²) in [5.41, 5.74) is 6.05. The second-order valence-electron chi connectivity index (χ2n) is 5.76. The smallest absolute Gasteiger partial charge is 0.0843 e. The number of hydrogen-bond donors (Lipinski definition) is 1. The number of nitrogens with two attached hydrogens (primary N) is 1. The summed E-state index contributed by atoms with van der Waals surface area (Å²) in [6.45, 7) is 11.9. The van der Waals surface area contributed by atoms with Gasteiger partial charge in [0.05, 0.1) is 9.83 Å². The van der Waals surface area contributed by atoms with E-state index in [0.29, 0.717) is 24.4 Å². The molecule has 0 aliphatic heterocycles. The van der Waals surface area contributed by atoms with Crippen LogP contribution in [-0.2, 0) is 0 Å². The van der Waals surface area contributed by atoms with Gasteiger partial charge in [-0.3, -0.25) is 4.90 Å². The van der Waals surface area contributed by atoms with Crippen LogP contribution in [0.5, 0.6) is 0 Å². The molecule has 0 spiro atoms. The Morgan fingerprint density at radius 3 is 2.00 bits per heavy atom. The van der Waals surface area contributed by atoms with Crippen molar-refractivity contribution in [2.75, 3.05) is 19.6 Å². The van der Waals surface area contributed by atoms with Gasteiger partial charge in [-0.25, -0.2) is 0 Å². The first-order valence-corrected chi connectivity index (χ1v) is 9.14. The molecule has 0 saturated heterocycles. The highest BCUT2D eigenvalue weighted by atomic mass is 79.9. The molecule has 110 valence electrons. The van der Waals surface area contributed by atoms with Crippen molar-refractivity contribution in [3.8, 4) is 0 Å². The lowest BCUT2D eigenvalue weighted by atomic mass is 10.1. The number of hydrogen-bond acceptors (Lipinski definition) is 3. The van der Waals surface area contributed by atoms with E-state index in [9.17, 15) is 0 Å². The molecule has 0 aliphatic carbocycles. The Kier molecular flexibility index (Phi) is 7.54. The lowest BCUT2D eigenvalue weighted by Crippen LogP contribution is -2.38. The van der Waals surface area contributed by atoms with E-state index in [2.05, 4.69) is 70.5 Å². The van der Waals surface area contributed by atoms with Crippen molar-refractivity contribution >= 4 is 43.2 Å². The molecular weight excluding hydrogens is 388 g/mol. The molecule has 1 aromatic heterocycles. The highest BCUT2D eigenvalue weighted by Crippen LogP contribution is 2.37. The van der Waals surface area contributed by atoms with Crippen LogP contribution in [0.15, 0.2) is 14.3 Å². The van der Waals surface area contributed by atoms with Crippen LogP contribution < -0.4 is 5.73 Å². The molecule has 5 heteroatoms. The zero-order valence-corrected chi connectivity index (χ0v) is 16.1. The molecule has 0 amide bonds. The quantitative estimate of drug-likeness (QED) is 0.692. The number of rotatable bonds is 7. The van der Waals surface area contributed by atoms with Crippen LogP contribution in [0.4, 0.5) is 0 Å². The molecule has 1 unspecified atom stereocenters. The summed E-state index contributed by atoms with van der Waals surface area (Å²) in [4.78, 5) is 3.86. The molecule has 0 bridgehead atoms. The van der Waals surface area contributed by atoms with Crippen LogP contribution in [-0.4, -0.2) is 24.5 Å². The Morgan fingerprint density at radius 1 is 1.16 bits per heavy atom. The fraction of sp³-hybridized carbons (Fsp3) is 0.714. The maximum atomic E-state index is 6.05. The fourth-order valence-electron chi connectivity index (χ4n) is 2.24. The van der Waals surface area contributed by atoms with Crippen molar-refractivity contribution in [1.29, 1.82) is 0 Å². The van der Waals surface area contributed by atoms with Crippen LogP contribution in [0.3, 0.4) is 0 Å². The monoisotopic (exact) mass is 410 g/mol. The standard InChI is InChI=1S/C14H24Br2N2S/c1-9(2)7-18(8-10(3)4)12(6-17)13-5-11(15)14(16)19-13/h5,9-10,12H,6-8,17H2,1-4H3. The van der Waals surface area contributed by atoms with E-state index in [-0.39, 0.29) is 0 Å². The molecule has 1 rings (SSSR count). The van der Waals surface area contributed by atoms with E-state index in [1.54, 1.807) is 11.3 Å². The minimum Gasteiger partial charge on any atom is -0.329 e. The molecule has 1 heterocycles. The van der Waals surface area contributed by atoms with Crippen molar-refractivity contribution in [2.45, 2.75) is 33.7 Å². The Balaban J connectivity index is 2.94. The maximum absolute atomic E-state index is 6.05. The number of thiophene rings is 1. The van der Waals surface area contributed by atoms with Gasteiger partial charge in [-0.05, 0) is 49.8 Å². The van der Waals surface area contributed by atoms with Gasteiger partial charge < -0.3 is 5.73 Å². The predicted molar refractivity (Wildman–Crippen MR) is 92.8 cm³/mol. The van der Waals surface area contributed by atoms with Gasteiger partial charge in [-0.1, -0.05) is 27.7 Å². The van der Waals surface area contributed by atoms with E-state index in [4.69, 9.17) is 5.73 Å². The Labute approximate surface area is 138 Å². The first-order valence-electron chi connectivity index (χ1n) is 6.74. The van der Waals surface area contributed by atoms with Crippen molar-refractivity contribution in [3.05, 3.63) is 19.2 Å². The van der Waals surface area contributed by atoms with E-state index in [1.165, 1.54) is 4.88 Å². The minimum absolute atomic E-state index is 0.317. The minimum atomic E-state index is 0.317. The van der Waals surface area contributed by atoms with Crippen molar-refractivity contribution in [2.24, 2.45) is 17.6 Å². The Hall–Kier alpha value is 0.580. The van der Waals surface area contributed by atoms with E-state index in [0.717, 1.165) is 21.3 Å². The van der Waals surface area contributed by atoms with Gasteiger partial charge in [-0.15, -0.1) is 11.3 Å². The predicted octanol–water partition coefficient (Wildman–Crippen LogP) is 4.89. The van der Waals surface area contributed by atoms with Crippen LogP contribution in [0.2, 0.25) is 0 Å². The molecular formula is C14H24Br2N2S. The average molecular weight is 412 g/mol. The first-order chi connectivity index (χ1) is 8.85. The molecule has 2 N–H and O–H groups in total. The van der Waals surface area contributed by atoms with Gasteiger partial charge >= 0.3 is 0 Å². The van der Waals surface area contributed by atoms with Crippen LogP contribution in [0, 0.1) is 11.8 Å². The molecule has 2 nitrogen and oxygen atoms in total. The molecule has 0 saturated carbocycles. The third-order valence-electron chi connectivity index (χ3n) is 2.86. The maximum Gasteiger partial charge on any atom is 0.0843 e. The SMILES string of the molecule is CC(C)CN(CC(C)C)C(CN)c1cc(Br)c(Br)s1. The van der Waals surface area contributed by atoms with E-state index >= 15 is 0 Å². The Morgan fingerprint density at radius 2 is 1.68 bits per heavy atom. The normalized spacial score (nSPS) is 13.8. The van der Waals surface area contributed by atoms with Gasteiger partial charge in [0.2, 0.25) is 0 Å². The van der Waals surface area contributed by atoms with Crippen LogP contribution in [0.1, 0.15) is 38.6 Å². The summed E-state index contributed by atoms with van der Waals surface area (Å²) >= 11 is 8.92. The highest BCUT2D eigenvalue weighted by Gasteiger charge is 2.23. The van der Waals surface area contributed by atoms with Gasteiger partial charge in [0.25, 0.3) is 0 Å². The summed E-state index contributed by atoms with van der Waals surface area (Å²) in [5.74, 6) is 1.30. The topological polar surface area (TPSA) is 29.3 Å². The lowest BCUT2D eigenvalue weighted by molar-refractivity contribution is 0.162. The molecule has 0 fully saturated rings. The van der Waals surface area contributed by atoms with Crippen molar-refractivity contribution < 1.29 is 0 Å². The molecule has 19 heavy (non-hydrogen) atoms. The molecule has 0 aliphatic rings. The van der Waals surface area contributed by atoms with Crippen LogP contribution >= 0.6 is 43.2 Å². The van der Waals surface area contributed by atoms with Crippen molar-refractivity contribution in [1.82, 2.24) is 4.90 Å². The Bertz CT molecular complexity index is 361. The molecule has 1 aromatic rings. The average Bonchev–Trinajstić information content (AvgIpc) is 2.58. The summed E-state index contributed by atoms with van der Waals surface area (Å²) in [6, 6.07) is 2.51. The molecule has 0 radical (unpaired) electrons. The van der Waals surface area contributed by atoms with E-state index < -0.39 is 0 Å². The van der Waals surface area contributed by atoms with Crippen molar-refractivity contribution in [3.63, 3.8) is 0 Å². The van der Waals surface area contributed by atoms with Gasteiger partial charge in [0.1, 0.15) is 0 Å². The van der Waals surface area contributed by atoms with Gasteiger partial charge in [-0.2, -0.15) is 0 Å². The second kappa shape index (κ2) is 8.13. The van der Waals surface area contributed by atoms with Gasteiger partial charge in [0, 0.05) is 29.0 Å². The fourth-order valence-corrected chi connectivity index (χ4v) is 4.48. The number of halogens is 2. The zero-order valence-electron chi connectivity index (χ0n) is 12.1. The third kappa shape index (κ3) is 5.46. The van der Waals surface area contributed by atoms with Gasteiger partial charge in [0.15, 0.2) is 0 Å². The number of nitrogens with zero attached hydrogens (tertiary/aromatic N) is 1. The summed E-state index contributed by atoms with van der Waals surface area (Å²) in [7, 11) is 0. The largest absolute Gasteiger partial charge is 0.329 e. The second-order valence-corrected chi connectivity index (χ2v) is 9.02.